The molecule has 0 aliphatic rings. The quantitative estimate of drug-likeness (QED) is 0.646. The van der Waals surface area contributed by atoms with Crippen molar-refractivity contribution >= 4 is 0 Å². The standard InChI is InChI=1S/C7H8O.C6H6O.C3H8.2C2H6/c1-8-7-5-3-2-4-6-7;7-6-4-2-1-3-5-6;1-3-2;2*1-2/h2-6H,1H3;1-5,7H;3H2,1-2H3;2*1-2H3. The van der Waals surface area contributed by atoms with Crippen LogP contribution in [0, 0.1) is 0 Å². The van der Waals surface area contributed by atoms with E-state index < -0.39 is 0 Å². The summed E-state index contributed by atoms with van der Waals surface area (Å²) < 4.78 is 4.91. The molecule has 126 valence electrons. The van der Waals surface area contributed by atoms with Crippen LogP contribution >= 0.6 is 0 Å². The second-order valence-electron chi connectivity index (χ2n) is 3.56. The molecule has 2 aromatic rings. The summed E-state index contributed by atoms with van der Waals surface area (Å²) in [4.78, 5) is 0. The summed E-state index contributed by atoms with van der Waals surface area (Å²) in [5, 5.41) is 8.63. The van der Waals surface area contributed by atoms with Crippen LogP contribution in [-0.2, 0) is 0 Å². The summed E-state index contributed by atoms with van der Waals surface area (Å²) >= 11 is 0. The van der Waals surface area contributed by atoms with Crippen molar-refractivity contribution in [2.75, 3.05) is 7.11 Å². The lowest BCUT2D eigenvalue weighted by Crippen LogP contribution is -1.78. The van der Waals surface area contributed by atoms with Crippen LogP contribution < -0.4 is 4.74 Å². The van der Waals surface area contributed by atoms with E-state index in [-0.39, 0.29) is 0 Å². The molecule has 0 atom stereocenters. The number of rotatable bonds is 1. The number of methoxy groups -OCH3 is 1. The lowest BCUT2D eigenvalue weighted by atomic mass is 10.3. The molecule has 0 unspecified atom stereocenters. The number of para-hydroxylation sites is 2. The van der Waals surface area contributed by atoms with Gasteiger partial charge in [-0.05, 0) is 24.3 Å². The Morgan fingerprint density at radius 3 is 1.23 bits per heavy atom. The monoisotopic (exact) mass is 306 g/mol. The first-order chi connectivity index (χ1) is 10.7. The largest absolute Gasteiger partial charge is 0.508 e. The fraction of sp³-hybridized carbons (Fsp3) is 0.400. The second kappa shape index (κ2) is 24.1. The van der Waals surface area contributed by atoms with Gasteiger partial charge < -0.3 is 9.84 Å². The highest BCUT2D eigenvalue weighted by atomic mass is 16.5. The number of hydrogen-bond acceptors (Lipinski definition) is 2. The van der Waals surface area contributed by atoms with Crippen LogP contribution in [0.3, 0.4) is 0 Å². The van der Waals surface area contributed by atoms with Crippen LogP contribution in [-0.4, -0.2) is 12.2 Å². The number of aromatic hydroxyl groups is 1. The van der Waals surface area contributed by atoms with E-state index in [0.29, 0.717) is 5.75 Å². The van der Waals surface area contributed by atoms with Gasteiger partial charge in [0.25, 0.3) is 0 Å². The van der Waals surface area contributed by atoms with Crippen molar-refractivity contribution in [1.82, 2.24) is 0 Å². The summed E-state index contributed by atoms with van der Waals surface area (Å²) in [6, 6.07) is 18.4. The highest BCUT2D eigenvalue weighted by Gasteiger charge is 1.80. The maximum absolute atomic E-state index is 8.63. The molecule has 0 spiro atoms. The van der Waals surface area contributed by atoms with E-state index in [4.69, 9.17) is 9.84 Å². The van der Waals surface area contributed by atoms with Gasteiger partial charge >= 0.3 is 0 Å². The van der Waals surface area contributed by atoms with E-state index in [9.17, 15) is 0 Å². The molecule has 0 aliphatic heterocycles. The van der Waals surface area contributed by atoms with Crippen molar-refractivity contribution in [3.05, 3.63) is 60.7 Å². The molecule has 0 aromatic heterocycles. The molecule has 0 bridgehead atoms. The van der Waals surface area contributed by atoms with Crippen LogP contribution in [0.5, 0.6) is 11.5 Å². The Kier molecular flexibility index (Phi) is 27.4. The molecule has 2 rings (SSSR count). The van der Waals surface area contributed by atoms with E-state index in [1.165, 1.54) is 6.42 Å². The van der Waals surface area contributed by atoms with Gasteiger partial charge in [-0.3, -0.25) is 0 Å². The van der Waals surface area contributed by atoms with Crippen LogP contribution in [0.1, 0.15) is 48.0 Å². The zero-order chi connectivity index (χ0) is 17.6. The third-order valence-corrected chi connectivity index (χ3v) is 1.74. The molecule has 0 aliphatic carbocycles. The lowest BCUT2D eigenvalue weighted by molar-refractivity contribution is 0.415. The van der Waals surface area contributed by atoms with Gasteiger partial charge in [-0.25, -0.2) is 0 Å². The van der Waals surface area contributed by atoms with E-state index in [1.54, 1.807) is 31.4 Å². The van der Waals surface area contributed by atoms with Gasteiger partial charge in [-0.2, -0.15) is 0 Å². The van der Waals surface area contributed by atoms with Crippen molar-refractivity contribution in [2.45, 2.75) is 48.0 Å². The topological polar surface area (TPSA) is 29.5 Å². The minimum atomic E-state index is 0.322. The molecule has 0 fully saturated rings. The second-order valence-corrected chi connectivity index (χ2v) is 3.56. The predicted molar refractivity (Wildman–Crippen MR) is 99.8 cm³/mol. The van der Waals surface area contributed by atoms with Gasteiger partial charge in [0, 0.05) is 0 Å². The van der Waals surface area contributed by atoms with Gasteiger partial charge in [-0.1, -0.05) is 84.4 Å². The fourth-order valence-corrected chi connectivity index (χ4v) is 0.985. The smallest absolute Gasteiger partial charge is 0.118 e. The third-order valence-electron chi connectivity index (χ3n) is 1.74. The normalized spacial score (nSPS) is 7.23. The van der Waals surface area contributed by atoms with Gasteiger partial charge in [0.1, 0.15) is 11.5 Å². The molecule has 0 heterocycles. The first-order valence-corrected chi connectivity index (χ1v) is 8.07. The maximum atomic E-state index is 8.63. The summed E-state index contributed by atoms with van der Waals surface area (Å²) in [5.41, 5.74) is 0. The SMILES string of the molecule is CC.CC.CCC.COc1ccccc1.Oc1ccccc1. The van der Waals surface area contributed by atoms with Gasteiger partial charge in [0.2, 0.25) is 0 Å². The Bertz CT molecular complexity index is 371. The average Bonchev–Trinajstić information content (AvgIpc) is 2.61. The zero-order valence-electron chi connectivity index (χ0n) is 15.3. The maximum Gasteiger partial charge on any atom is 0.118 e. The molecule has 2 aromatic carbocycles. The van der Waals surface area contributed by atoms with Crippen molar-refractivity contribution < 1.29 is 9.84 Å². The molecular formula is C20H34O2. The Hall–Kier alpha value is -1.96. The minimum absolute atomic E-state index is 0.322. The fourth-order valence-electron chi connectivity index (χ4n) is 0.985. The number of benzene rings is 2. The molecule has 1 N–H and O–H groups in total. The molecule has 0 saturated heterocycles. The number of phenols is 1. The first kappa shape index (κ1) is 25.0. The summed E-state index contributed by atoms with van der Waals surface area (Å²) in [7, 11) is 1.66. The Labute approximate surface area is 137 Å². The predicted octanol–water partition coefficient (Wildman–Crippen LogP) is 6.56. The summed E-state index contributed by atoms with van der Waals surface area (Å²) in [6.07, 6.45) is 1.25. The first-order valence-electron chi connectivity index (χ1n) is 8.07. The van der Waals surface area contributed by atoms with E-state index >= 15 is 0 Å². The molecule has 0 saturated carbocycles. The minimum Gasteiger partial charge on any atom is -0.508 e. The number of phenolic OH excluding ortho intramolecular Hbond substituents is 1. The van der Waals surface area contributed by atoms with E-state index in [2.05, 4.69) is 13.8 Å². The molecular weight excluding hydrogens is 272 g/mol. The third kappa shape index (κ3) is 20.4. The van der Waals surface area contributed by atoms with E-state index in [0.717, 1.165) is 5.75 Å². The van der Waals surface area contributed by atoms with Crippen LogP contribution in [0.4, 0.5) is 0 Å². The Morgan fingerprint density at radius 1 is 0.727 bits per heavy atom. The molecule has 2 nitrogen and oxygen atoms in total. The van der Waals surface area contributed by atoms with Crippen LogP contribution in [0.15, 0.2) is 60.7 Å². The van der Waals surface area contributed by atoms with Crippen LogP contribution in [0.2, 0.25) is 0 Å². The summed E-state index contributed by atoms with van der Waals surface area (Å²) in [5.74, 6) is 1.23. The van der Waals surface area contributed by atoms with Crippen LogP contribution in [0.25, 0.3) is 0 Å². The summed E-state index contributed by atoms with van der Waals surface area (Å²) in [6.45, 7) is 12.2. The molecule has 22 heavy (non-hydrogen) atoms. The Morgan fingerprint density at radius 2 is 1.05 bits per heavy atom. The zero-order valence-corrected chi connectivity index (χ0v) is 15.3. The number of hydrogen-bond donors (Lipinski definition) is 1. The van der Waals surface area contributed by atoms with Crippen molar-refractivity contribution in [3.8, 4) is 11.5 Å². The van der Waals surface area contributed by atoms with Crippen molar-refractivity contribution in [1.29, 1.82) is 0 Å². The van der Waals surface area contributed by atoms with Crippen molar-refractivity contribution in [2.24, 2.45) is 0 Å². The van der Waals surface area contributed by atoms with E-state index in [1.807, 2.05) is 64.1 Å². The highest BCUT2D eigenvalue weighted by Crippen LogP contribution is 2.05. The number of ether oxygens (including phenoxy) is 1. The molecule has 0 amide bonds. The average molecular weight is 306 g/mol. The highest BCUT2D eigenvalue weighted by molar-refractivity contribution is 5.20. The lowest BCUT2D eigenvalue weighted by Gasteiger charge is -1.93. The molecule has 2 heteroatoms. The van der Waals surface area contributed by atoms with Gasteiger partial charge in [0.15, 0.2) is 0 Å². The molecule has 0 radical (unpaired) electrons. The van der Waals surface area contributed by atoms with Gasteiger partial charge in [-0.15, -0.1) is 0 Å². The van der Waals surface area contributed by atoms with Crippen molar-refractivity contribution in [3.63, 3.8) is 0 Å². The Balaban J connectivity index is -0.000000236. The van der Waals surface area contributed by atoms with Gasteiger partial charge in [0.05, 0.1) is 7.11 Å².